The maximum absolute atomic E-state index is 12.5. The second-order valence-electron chi connectivity index (χ2n) is 4.95. The molecule has 1 atom stereocenters. The Morgan fingerprint density at radius 3 is 2.40 bits per heavy atom. The second kappa shape index (κ2) is 6.80. The lowest BCUT2D eigenvalue weighted by molar-refractivity contribution is 0.298. The number of aromatic nitrogens is 2. The Morgan fingerprint density at radius 2 is 1.90 bits per heavy atom. The fraction of sp³-hybridized carbons (Fsp3) is 0.667. The zero-order valence-electron chi connectivity index (χ0n) is 12.0. The lowest BCUT2D eigenvalue weighted by Crippen LogP contribution is -2.46. The Morgan fingerprint density at radius 1 is 1.30 bits per heavy atom. The molecule has 0 aromatic carbocycles. The van der Waals surface area contributed by atoms with Crippen molar-refractivity contribution in [3.63, 3.8) is 0 Å². The first kappa shape index (κ1) is 17.3. The van der Waals surface area contributed by atoms with Gasteiger partial charge in [-0.05, 0) is 39.3 Å². The summed E-state index contributed by atoms with van der Waals surface area (Å²) in [5.74, 6) is 0. The van der Waals surface area contributed by atoms with E-state index in [9.17, 15) is 8.42 Å². The minimum Gasteiger partial charge on any atom is -0.315 e. The molecule has 20 heavy (non-hydrogen) atoms. The minimum atomic E-state index is -3.61. The zero-order valence-corrected chi connectivity index (χ0v) is 13.6. The highest BCUT2D eigenvalue weighted by Gasteiger charge is 2.31. The van der Waals surface area contributed by atoms with Gasteiger partial charge in [0.2, 0.25) is 0 Å². The second-order valence-corrected chi connectivity index (χ2v) is 6.85. The highest BCUT2D eigenvalue weighted by atomic mass is 35.5. The summed E-state index contributed by atoms with van der Waals surface area (Å²) in [6.45, 7) is 5.18. The lowest BCUT2D eigenvalue weighted by Gasteiger charge is -2.30. The zero-order chi connectivity index (χ0) is 14.0. The van der Waals surface area contributed by atoms with Crippen LogP contribution in [-0.4, -0.2) is 48.9 Å². The summed E-state index contributed by atoms with van der Waals surface area (Å²) in [5, 5.41) is 3.12. The Labute approximate surface area is 126 Å². The molecule has 1 aliphatic rings. The first-order chi connectivity index (χ1) is 8.91. The molecule has 1 N–H and O–H groups in total. The van der Waals surface area contributed by atoms with E-state index < -0.39 is 10.0 Å². The Hall–Kier alpha value is -0.760. The summed E-state index contributed by atoms with van der Waals surface area (Å²) in [6.07, 6.45) is 1.85. The highest BCUT2D eigenvalue weighted by molar-refractivity contribution is 7.88. The van der Waals surface area contributed by atoms with Crippen LogP contribution in [0.2, 0.25) is 0 Å². The summed E-state index contributed by atoms with van der Waals surface area (Å²) in [6, 6.07) is 1.74. The molecule has 1 aromatic heterocycles. The van der Waals surface area contributed by atoms with Crippen LogP contribution in [0, 0.1) is 13.8 Å². The van der Waals surface area contributed by atoms with E-state index in [4.69, 9.17) is 0 Å². The van der Waals surface area contributed by atoms with Gasteiger partial charge in [0.1, 0.15) is 0 Å². The molecule has 8 heteroatoms. The van der Waals surface area contributed by atoms with Crippen LogP contribution in [0.25, 0.3) is 0 Å². The van der Waals surface area contributed by atoms with Gasteiger partial charge in [-0.3, -0.25) is 0 Å². The Kier molecular flexibility index (Phi) is 5.88. The van der Waals surface area contributed by atoms with Gasteiger partial charge in [0.25, 0.3) is 15.2 Å². The van der Waals surface area contributed by atoms with Crippen molar-refractivity contribution in [1.29, 1.82) is 0 Å². The minimum absolute atomic E-state index is 0. The molecule has 1 aliphatic heterocycles. The van der Waals surface area contributed by atoms with Crippen molar-refractivity contribution in [1.82, 2.24) is 19.6 Å². The number of rotatable bonds is 3. The van der Waals surface area contributed by atoms with Crippen molar-refractivity contribution in [2.24, 2.45) is 0 Å². The molecular formula is C12H21ClN4O2S. The smallest absolute Gasteiger partial charge is 0.278 e. The summed E-state index contributed by atoms with van der Waals surface area (Å²) in [5.41, 5.74) is 1.34. The van der Waals surface area contributed by atoms with Crippen molar-refractivity contribution in [2.75, 3.05) is 20.1 Å². The average molecular weight is 321 g/mol. The van der Waals surface area contributed by atoms with E-state index in [1.54, 1.807) is 27.0 Å². The van der Waals surface area contributed by atoms with Gasteiger partial charge in [-0.15, -0.1) is 12.4 Å². The number of nitrogens with one attached hydrogen (secondary N) is 1. The standard InChI is InChI=1S/C12H20N4O2S.ClH/c1-9-7-10(2)15-12(14-9)19(17,18)16(3)11-5-4-6-13-8-11;/h7,11,13H,4-6,8H2,1-3H3;1H. The molecule has 2 heterocycles. The van der Waals surface area contributed by atoms with E-state index in [-0.39, 0.29) is 23.6 Å². The van der Waals surface area contributed by atoms with E-state index in [0.717, 1.165) is 19.4 Å². The number of hydrogen-bond acceptors (Lipinski definition) is 5. The van der Waals surface area contributed by atoms with Gasteiger partial charge in [-0.1, -0.05) is 0 Å². The number of sulfonamides is 1. The summed E-state index contributed by atoms with van der Waals surface area (Å²) < 4.78 is 26.4. The Bertz CT molecular complexity index is 538. The monoisotopic (exact) mass is 320 g/mol. The molecule has 0 amide bonds. The maximum Gasteiger partial charge on any atom is 0.278 e. The van der Waals surface area contributed by atoms with Gasteiger partial charge < -0.3 is 5.32 Å². The first-order valence-corrected chi connectivity index (χ1v) is 7.86. The fourth-order valence-electron chi connectivity index (χ4n) is 2.28. The predicted octanol–water partition coefficient (Wildman–Crippen LogP) is 0.888. The number of hydrogen-bond donors (Lipinski definition) is 1. The van der Waals surface area contributed by atoms with Crippen molar-refractivity contribution in [2.45, 2.75) is 37.9 Å². The largest absolute Gasteiger partial charge is 0.315 e. The Balaban J connectivity index is 0.00000200. The molecular weight excluding hydrogens is 300 g/mol. The van der Waals surface area contributed by atoms with Crippen LogP contribution in [-0.2, 0) is 10.0 Å². The molecule has 1 unspecified atom stereocenters. The molecule has 1 fully saturated rings. The molecule has 0 radical (unpaired) electrons. The molecule has 0 bridgehead atoms. The van der Waals surface area contributed by atoms with E-state index in [2.05, 4.69) is 15.3 Å². The molecule has 1 saturated heterocycles. The summed E-state index contributed by atoms with van der Waals surface area (Å²) >= 11 is 0. The molecule has 0 spiro atoms. The predicted molar refractivity (Wildman–Crippen MR) is 79.6 cm³/mol. The van der Waals surface area contributed by atoms with Crippen LogP contribution in [0.1, 0.15) is 24.2 Å². The average Bonchev–Trinajstić information content (AvgIpc) is 2.37. The van der Waals surface area contributed by atoms with Crippen LogP contribution in [0.15, 0.2) is 11.2 Å². The van der Waals surface area contributed by atoms with Crippen molar-refractivity contribution in [3.05, 3.63) is 17.5 Å². The molecule has 6 nitrogen and oxygen atoms in total. The van der Waals surface area contributed by atoms with Crippen LogP contribution >= 0.6 is 12.4 Å². The van der Waals surface area contributed by atoms with Crippen LogP contribution in [0.4, 0.5) is 0 Å². The van der Waals surface area contributed by atoms with Crippen LogP contribution in [0.3, 0.4) is 0 Å². The van der Waals surface area contributed by atoms with E-state index in [1.807, 2.05) is 0 Å². The molecule has 0 saturated carbocycles. The summed E-state index contributed by atoms with van der Waals surface area (Å²) in [4.78, 5) is 8.12. The fourth-order valence-corrected chi connectivity index (χ4v) is 3.63. The molecule has 2 rings (SSSR count). The third-order valence-corrected chi connectivity index (χ3v) is 5.06. The molecule has 114 valence electrons. The van der Waals surface area contributed by atoms with E-state index in [0.29, 0.717) is 17.9 Å². The number of likely N-dealkylation sites (N-methyl/N-ethyl adjacent to an activating group) is 1. The first-order valence-electron chi connectivity index (χ1n) is 6.42. The van der Waals surface area contributed by atoms with Crippen LogP contribution in [0.5, 0.6) is 0 Å². The van der Waals surface area contributed by atoms with Gasteiger partial charge in [0.05, 0.1) is 0 Å². The third-order valence-electron chi connectivity index (χ3n) is 3.36. The van der Waals surface area contributed by atoms with Gasteiger partial charge in [-0.2, -0.15) is 4.31 Å². The van der Waals surface area contributed by atoms with Gasteiger partial charge in [-0.25, -0.2) is 18.4 Å². The number of piperidine rings is 1. The van der Waals surface area contributed by atoms with E-state index in [1.165, 1.54) is 4.31 Å². The molecule has 1 aromatic rings. The quantitative estimate of drug-likeness (QED) is 0.837. The normalized spacial score (nSPS) is 19.7. The van der Waals surface area contributed by atoms with Crippen molar-refractivity contribution >= 4 is 22.4 Å². The third kappa shape index (κ3) is 3.66. The van der Waals surface area contributed by atoms with Crippen molar-refractivity contribution in [3.8, 4) is 0 Å². The van der Waals surface area contributed by atoms with Gasteiger partial charge in [0.15, 0.2) is 0 Å². The topological polar surface area (TPSA) is 75.2 Å². The number of nitrogens with zero attached hydrogens (tertiary/aromatic N) is 3. The highest BCUT2D eigenvalue weighted by Crippen LogP contribution is 2.17. The number of halogens is 1. The van der Waals surface area contributed by atoms with Crippen LogP contribution < -0.4 is 5.32 Å². The van der Waals surface area contributed by atoms with Crippen molar-refractivity contribution < 1.29 is 8.42 Å². The van der Waals surface area contributed by atoms with Gasteiger partial charge in [0, 0.05) is 31.0 Å². The molecule has 0 aliphatic carbocycles. The van der Waals surface area contributed by atoms with Gasteiger partial charge >= 0.3 is 0 Å². The number of aryl methyl sites for hydroxylation is 2. The lowest BCUT2D eigenvalue weighted by atomic mass is 10.1. The van der Waals surface area contributed by atoms with E-state index >= 15 is 0 Å². The maximum atomic E-state index is 12.5. The SMILES string of the molecule is Cc1cc(C)nc(S(=O)(=O)N(C)C2CCCNC2)n1.Cl. The summed E-state index contributed by atoms with van der Waals surface area (Å²) in [7, 11) is -2.01.